The molecule has 5 atom stereocenters. The van der Waals surface area contributed by atoms with E-state index in [-0.39, 0.29) is 112 Å². The molecule has 11 aromatic carbocycles. The summed E-state index contributed by atoms with van der Waals surface area (Å²) in [6, 6.07) is 45.0. The van der Waals surface area contributed by atoms with E-state index in [1.54, 1.807) is 109 Å². The van der Waals surface area contributed by atoms with Crippen molar-refractivity contribution in [2.45, 2.75) is 112 Å². The number of Topliss-reactive ketones (excluding diaryl/α,β-unsaturated/α-hetero) is 5. The van der Waals surface area contributed by atoms with Gasteiger partial charge >= 0.3 is 11.9 Å². The Kier molecular flexibility index (Phi) is 35.1. The van der Waals surface area contributed by atoms with Crippen molar-refractivity contribution in [2.75, 3.05) is 53.2 Å². The van der Waals surface area contributed by atoms with Crippen LogP contribution in [0.1, 0.15) is 83.2 Å². The van der Waals surface area contributed by atoms with Crippen molar-refractivity contribution in [2.24, 2.45) is 51.1 Å². The maximum atomic E-state index is 12.7. The molecule has 16 rings (SSSR count). The van der Waals surface area contributed by atoms with Crippen molar-refractivity contribution in [1.82, 2.24) is 0 Å². The molecule has 0 saturated carbocycles. The van der Waals surface area contributed by atoms with E-state index in [1.165, 1.54) is 99.6 Å². The zero-order valence-electron chi connectivity index (χ0n) is 78.4. The van der Waals surface area contributed by atoms with Crippen molar-refractivity contribution in [3.63, 3.8) is 0 Å². The van der Waals surface area contributed by atoms with Gasteiger partial charge < -0.3 is 68.1 Å². The molecule has 0 saturated heterocycles. The molecule has 50 nitrogen and oxygen atoms in total. The number of ketones is 5. The van der Waals surface area contributed by atoms with Crippen molar-refractivity contribution in [1.29, 1.82) is 0 Å². The smallest absolute Gasteiger partial charge is 0.335 e. The molecule has 53 heteroatoms. The average Bonchev–Trinajstić information content (AvgIpc) is 1.26. The number of hydrogen-bond acceptors (Lipinski definition) is 35. The fourth-order valence-corrected chi connectivity index (χ4v) is 15.8. The molecule has 0 radical (unpaired) electrons. The van der Waals surface area contributed by atoms with Gasteiger partial charge in [0.2, 0.25) is 59.7 Å². The quantitative estimate of drug-likeness (QED) is 0.00806. The molecule has 5 aliphatic heterocycles. The summed E-state index contributed by atoms with van der Waals surface area (Å²) >= 11 is 0. The first-order valence-electron chi connectivity index (χ1n) is 43.7. The zero-order chi connectivity index (χ0) is 109. The highest BCUT2D eigenvalue weighted by Crippen LogP contribution is 2.36. The van der Waals surface area contributed by atoms with Crippen LogP contribution >= 0.6 is 0 Å². The second kappa shape index (κ2) is 48.0. The largest absolute Gasteiger partial charge is 0.478 e. The number of carbonyl (C=O) groups excluding carboxylic acids is 16. The number of carbonyl (C=O) groups is 18. The van der Waals surface area contributed by atoms with Gasteiger partial charge in [-0.25, -0.2) is 9.59 Å². The molecule has 0 aromatic heterocycles. The zero-order valence-corrected chi connectivity index (χ0v) is 80.9. The van der Waals surface area contributed by atoms with Crippen molar-refractivity contribution < 1.29 is 140 Å². The lowest BCUT2D eigenvalue weighted by molar-refractivity contribution is -0.127. The molecular weight excluding hydrogens is 2020 g/mol. The number of aromatic carboxylic acids is 2. The maximum Gasteiger partial charge on any atom is 0.335 e. The summed E-state index contributed by atoms with van der Waals surface area (Å²) in [6.45, 7) is 6.04. The van der Waals surface area contributed by atoms with Crippen LogP contribution in [0.5, 0.6) is 5.75 Å². The summed E-state index contributed by atoms with van der Waals surface area (Å²) in [4.78, 5) is 211. The molecular formula is C97H82N20O30S3. The molecule has 768 valence electrons. The maximum absolute atomic E-state index is 12.7. The van der Waals surface area contributed by atoms with Gasteiger partial charge in [0.1, 0.15) is 16.3 Å². The molecule has 0 spiro atoms. The summed E-state index contributed by atoms with van der Waals surface area (Å²) in [5, 5.41) is 83.2. The highest BCUT2D eigenvalue weighted by molar-refractivity contribution is 7.86. The first-order chi connectivity index (χ1) is 71.0. The van der Waals surface area contributed by atoms with Crippen LogP contribution < -0.4 is 57.9 Å². The predicted molar refractivity (Wildman–Crippen MR) is 532 cm³/mol. The first kappa shape index (κ1) is 110. The average molecular weight is 2100 g/mol. The highest BCUT2D eigenvalue weighted by Gasteiger charge is 2.33. The third-order valence-electron chi connectivity index (χ3n) is 21.4. The van der Waals surface area contributed by atoms with E-state index >= 15 is 0 Å². The molecule has 11 aromatic rings. The van der Waals surface area contributed by atoms with Gasteiger partial charge in [0.05, 0.1) is 75.8 Å². The topological polar surface area (TPSA) is 764 Å². The van der Waals surface area contributed by atoms with Gasteiger partial charge in [-0.15, -0.1) is 0 Å². The summed E-state index contributed by atoms with van der Waals surface area (Å²) in [5.74, 6) is -9.58. The van der Waals surface area contributed by atoms with E-state index in [0.717, 1.165) is 72.0 Å². The minimum Gasteiger partial charge on any atom is -0.478 e. The van der Waals surface area contributed by atoms with Crippen LogP contribution in [-0.2, 0) is 139 Å². The summed E-state index contributed by atoms with van der Waals surface area (Å²) in [6.07, 6.45) is 1.32. The van der Waals surface area contributed by atoms with Gasteiger partial charge in [-0.3, -0.25) is 90.4 Å². The Bertz CT molecular complexity index is 7980. The lowest BCUT2D eigenvalue weighted by Gasteiger charge is -2.11. The molecule has 0 aliphatic carbocycles. The van der Waals surface area contributed by atoms with Gasteiger partial charge in [-0.05, 0) is 219 Å². The fourth-order valence-electron chi connectivity index (χ4n) is 14.2. The number of carboxylic acids is 2. The Hall–Kier alpha value is -19.1. The number of carboxylic acid groups (broad SMARTS) is 2. The molecule has 10 amide bonds. The third-order valence-corrected chi connectivity index (χ3v) is 24.1. The number of benzene rings is 11. The van der Waals surface area contributed by atoms with Gasteiger partial charge in [0, 0.05) is 68.3 Å². The standard InChI is InChI=1S/C22H18N4O6S.C20H16N4O7.C19H16N4O5.2C18H16N4O6S/c1-12(27)21(22(29)23-15-6-5-14-10-20(28)24-19(14)11-15)26-25-18-4-2-3-13-9-16(33(30,31)32)7-8-17(13)18;1-10(26)18(19(28)21-13-3-2-11-6-17(27)22-16(11)8-13)24-23-14-4-12(20(29)30)5-15(7-14)31-9-25;1-10(24)17(23-22-13-5-2-11(3-6-13)19(27)28)18(26)20-14-7-4-12-8-16(25)21-15(12)9-14;1-10(23)17(22-21-12-4-6-14(7-5-12)29(26,27)28)18(25)19-13-3-2-11-8-16(24)20-15(11)9-13;1-10(23)17(22-21-13-4-2-3-5-15(13)29(26,27)28)18(25)19-12-7-6-11-8-16(24)20-14(11)9-12/h2-9,11,21H,10H2,1H3,(H,23,29)(H,24,28)(H,30,31,32);2-5,7-9,18H,6H2,1H3,(H,21,28)(H,22,27)(H,29,30);2-7,9,17H,8H2,1H3,(H,20,26)(H,21,25)(H,27,28);2*2-7,9,17H,8H2,1H3,(H,19,25)(H,20,24)(H,26,27,28). The van der Waals surface area contributed by atoms with Gasteiger partial charge in [0.25, 0.3) is 66.4 Å². The van der Waals surface area contributed by atoms with E-state index < -0.39 is 136 Å². The van der Waals surface area contributed by atoms with E-state index in [0.29, 0.717) is 79.0 Å². The Balaban J connectivity index is 0.000000166. The minimum atomic E-state index is -4.55. The third kappa shape index (κ3) is 29.8. The number of fused-ring (bicyclic) bond motifs is 6. The van der Waals surface area contributed by atoms with E-state index in [9.17, 15) is 121 Å². The normalized spacial score (nSPS) is 14.0. The van der Waals surface area contributed by atoms with Crippen LogP contribution in [0, 0.1) is 0 Å². The van der Waals surface area contributed by atoms with Crippen LogP contribution in [0.15, 0.2) is 284 Å². The van der Waals surface area contributed by atoms with E-state index in [4.69, 9.17) is 14.8 Å². The number of anilines is 10. The first-order valence-corrected chi connectivity index (χ1v) is 48.0. The van der Waals surface area contributed by atoms with Crippen LogP contribution in [0.2, 0.25) is 0 Å². The Labute approximate surface area is 847 Å². The number of nitrogens with one attached hydrogen (secondary N) is 10. The van der Waals surface area contributed by atoms with Crippen molar-refractivity contribution >= 4 is 233 Å². The van der Waals surface area contributed by atoms with Gasteiger partial charge in [-0.1, -0.05) is 60.7 Å². The number of nitrogens with zero attached hydrogens (tertiary/aromatic N) is 10. The lowest BCUT2D eigenvalue weighted by Crippen LogP contribution is -2.31. The Morgan fingerprint density at radius 3 is 0.947 bits per heavy atom. The molecule has 0 fully saturated rings. The molecule has 15 N–H and O–H groups in total. The minimum absolute atomic E-state index is 0.0314. The van der Waals surface area contributed by atoms with Crippen molar-refractivity contribution in [3.05, 3.63) is 257 Å². The molecule has 0 bridgehead atoms. The molecule has 5 unspecified atom stereocenters. The van der Waals surface area contributed by atoms with E-state index in [2.05, 4.69) is 109 Å². The number of azo groups is 5. The predicted octanol–water partition coefficient (Wildman–Crippen LogP) is 12.1. The Morgan fingerprint density at radius 2 is 0.627 bits per heavy atom. The van der Waals surface area contributed by atoms with Crippen LogP contribution in [0.4, 0.5) is 85.3 Å². The summed E-state index contributed by atoms with van der Waals surface area (Å²) in [7, 11) is -13.3. The lowest BCUT2D eigenvalue weighted by atomic mass is 10.1. The number of rotatable bonds is 32. The molecule has 5 aliphatic rings. The number of amides is 10. The van der Waals surface area contributed by atoms with Gasteiger partial charge in [-0.2, -0.15) is 76.4 Å². The second-order valence-electron chi connectivity index (χ2n) is 32.7. The second-order valence-corrected chi connectivity index (χ2v) is 36.9. The SMILES string of the molecule is CC(=O)C(N=Nc1cc(OC=O)cc(C(=O)O)c1)C(=O)Nc1ccc2c(c1)NC(=O)C2.CC(=O)C(N=Nc1ccc(C(=O)O)cc1)C(=O)Nc1ccc2c(c1)NC(=O)C2.CC(=O)C(N=Nc1ccc(S(=O)(=O)O)cc1)C(=O)Nc1ccc2c(c1)NC(=O)C2.CC(=O)C(N=Nc1cccc2cc(S(=O)(=O)O)ccc12)C(=O)Nc1ccc2c(c1)NC(=O)C2.CC(=O)C(N=Nc1ccccc1S(=O)(=O)O)C(=O)Nc1ccc2c(c1)NC(=O)C2. The highest BCUT2D eigenvalue weighted by atomic mass is 32.2. The Morgan fingerprint density at radius 1 is 0.320 bits per heavy atom. The van der Waals surface area contributed by atoms with Crippen LogP contribution in [0.3, 0.4) is 0 Å². The van der Waals surface area contributed by atoms with Crippen LogP contribution in [-0.4, -0.2) is 186 Å². The molecule has 150 heavy (non-hydrogen) atoms. The number of ether oxygens (including phenoxy) is 1. The molecule has 5 heterocycles. The van der Waals surface area contributed by atoms with Crippen molar-refractivity contribution in [3.8, 4) is 5.75 Å². The van der Waals surface area contributed by atoms with Crippen LogP contribution in [0.25, 0.3) is 10.8 Å². The summed E-state index contributed by atoms with van der Waals surface area (Å²) < 4.78 is 99.7. The van der Waals surface area contributed by atoms with E-state index in [1.807, 2.05) is 0 Å². The summed E-state index contributed by atoms with van der Waals surface area (Å²) in [5.41, 5.74) is 9.28. The van der Waals surface area contributed by atoms with Gasteiger partial charge in [0.15, 0.2) is 28.9 Å². The monoisotopic (exact) mass is 2100 g/mol. The fraction of sp³-hybridized carbons (Fsp3) is 0.155. The number of hydrogen-bond donors (Lipinski definition) is 15.